The van der Waals surface area contributed by atoms with Crippen molar-refractivity contribution in [3.63, 3.8) is 0 Å². The third-order valence-corrected chi connectivity index (χ3v) is 5.38. The molecule has 0 aliphatic carbocycles. The Balaban J connectivity index is 1.44. The number of carbonyl (C=O) groups excluding carboxylic acids is 2. The van der Waals surface area contributed by atoms with Crippen molar-refractivity contribution in [2.75, 3.05) is 17.2 Å². The molecule has 1 heterocycles. The van der Waals surface area contributed by atoms with Gasteiger partial charge < -0.3 is 10.1 Å². The van der Waals surface area contributed by atoms with Gasteiger partial charge >= 0.3 is 0 Å². The number of benzene rings is 3. The second kappa shape index (κ2) is 9.11. The summed E-state index contributed by atoms with van der Waals surface area (Å²) < 4.78 is 20.0. The van der Waals surface area contributed by atoms with Crippen LogP contribution in [0.5, 0.6) is 5.75 Å². The highest BCUT2D eigenvalue weighted by atomic mass is 35.5. The Morgan fingerprint density at radius 3 is 2.65 bits per heavy atom. The smallest absolute Gasteiger partial charge is 0.262 e. The van der Waals surface area contributed by atoms with Crippen LogP contribution in [0.2, 0.25) is 5.02 Å². The molecule has 4 rings (SSSR count). The Morgan fingerprint density at radius 2 is 1.81 bits per heavy atom. The third kappa shape index (κ3) is 4.99. The van der Waals surface area contributed by atoms with Crippen LogP contribution < -0.4 is 15.4 Å². The number of fused-ring (bicyclic) bond motifs is 1. The molecule has 9 heteroatoms. The van der Waals surface area contributed by atoms with Crippen LogP contribution in [0.1, 0.15) is 10.4 Å². The van der Waals surface area contributed by atoms with E-state index in [4.69, 9.17) is 16.3 Å². The zero-order valence-electron chi connectivity index (χ0n) is 15.9. The molecule has 2 N–H and O–H groups in total. The molecule has 6 nitrogen and oxygen atoms in total. The molecule has 156 valence electrons. The number of thiazole rings is 1. The summed E-state index contributed by atoms with van der Waals surface area (Å²) in [5.41, 5.74) is 1.01. The minimum Gasteiger partial charge on any atom is -0.483 e. The number of halogens is 2. The third-order valence-electron chi connectivity index (χ3n) is 4.21. The van der Waals surface area contributed by atoms with Crippen LogP contribution in [0.25, 0.3) is 10.2 Å². The SMILES string of the molecule is O=C(COc1ccccc1C(=O)Nc1nc2ccc(Cl)cc2s1)Nc1ccccc1F. The normalized spacial score (nSPS) is 10.6. The van der Waals surface area contributed by atoms with E-state index in [0.29, 0.717) is 10.2 Å². The molecule has 4 aromatic rings. The van der Waals surface area contributed by atoms with Crippen molar-refractivity contribution in [3.8, 4) is 5.75 Å². The highest BCUT2D eigenvalue weighted by Crippen LogP contribution is 2.29. The highest BCUT2D eigenvalue weighted by molar-refractivity contribution is 7.22. The molecule has 0 saturated carbocycles. The standard InChI is InChI=1S/C22H15ClFN3O3S/c23-13-9-10-17-19(11-13)31-22(26-17)27-21(29)14-5-1-4-8-18(14)30-12-20(28)25-16-7-3-2-6-15(16)24/h1-11H,12H2,(H,25,28)(H,26,27,29). The fourth-order valence-electron chi connectivity index (χ4n) is 2.79. The van der Waals surface area contributed by atoms with Crippen molar-refractivity contribution in [2.45, 2.75) is 0 Å². The number of hydrogen-bond donors (Lipinski definition) is 2. The van der Waals surface area contributed by atoms with Crippen molar-refractivity contribution in [2.24, 2.45) is 0 Å². The molecule has 0 radical (unpaired) electrons. The van der Waals surface area contributed by atoms with Crippen LogP contribution in [0.15, 0.2) is 66.7 Å². The van der Waals surface area contributed by atoms with Crippen molar-refractivity contribution in [3.05, 3.63) is 83.1 Å². The molecule has 0 fully saturated rings. The number of carbonyl (C=O) groups is 2. The fraction of sp³-hybridized carbons (Fsp3) is 0.0455. The predicted octanol–water partition coefficient (Wildman–Crippen LogP) is 5.36. The van der Waals surface area contributed by atoms with Crippen LogP contribution in [-0.4, -0.2) is 23.4 Å². The first-order chi connectivity index (χ1) is 15.0. The van der Waals surface area contributed by atoms with Crippen molar-refractivity contribution >= 4 is 55.8 Å². The summed E-state index contributed by atoms with van der Waals surface area (Å²) in [6.07, 6.45) is 0. The number of para-hydroxylation sites is 2. The van der Waals surface area contributed by atoms with E-state index in [1.54, 1.807) is 48.5 Å². The van der Waals surface area contributed by atoms with Gasteiger partial charge in [0, 0.05) is 5.02 Å². The molecule has 0 atom stereocenters. The van der Waals surface area contributed by atoms with Gasteiger partial charge in [-0.3, -0.25) is 14.9 Å². The van der Waals surface area contributed by atoms with Crippen molar-refractivity contribution in [1.82, 2.24) is 4.98 Å². The lowest BCUT2D eigenvalue weighted by Gasteiger charge is -2.11. The zero-order chi connectivity index (χ0) is 21.8. The van der Waals surface area contributed by atoms with E-state index in [0.717, 1.165) is 10.2 Å². The lowest BCUT2D eigenvalue weighted by molar-refractivity contribution is -0.118. The largest absolute Gasteiger partial charge is 0.483 e. The quantitative estimate of drug-likeness (QED) is 0.410. The van der Waals surface area contributed by atoms with Gasteiger partial charge in [0.05, 0.1) is 21.5 Å². The van der Waals surface area contributed by atoms with Crippen LogP contribution in [0, 0.1) is 5.82 Å². The first-order valence-corrected chi connectivity index (χ1v) is 10.3. The van der Waals surface area contributed by atoms with Gasteiger partial charge in [-0.05, 0) is 42.5 Å². The maximum absolute atomic E-state index is 13.7. The molecule has 0 aliphatic rings. The number of aromatic nitrogens is 1. The molecule has 31 heavy (non-hydrogen) atoms. The molecule has 2 amide bonds. The number of nitrogens with one attached hydrogen (secondary N) is 2. The summed E-state index contributed by atoms with van der Waals surface area (Å²) >= 11 is 7.29. The van der Waals surface area contributed by atoms with Crippen LogP contribution in [0.4, 0.5) is 15.2 Å². The van der Waals surface area contributed by atoms with Gasteiger partial charge in [0.25, 0.3) is 11.8 Å². The van der Waals surface area contributed by atoms with Crippen molar-refractivity contribution < 1.29 is 18.7 Å². The first-order valence-electron chi connectivity index (χ1n) is 9.13. The molecule has 1 aromatic heterocycles. The monoisotopic (exact) mass is 455 g/mol. The first kappa shape index (κ1) is 20.8. The van der Waals surface area contributed by atoms with Crippen molar-refractivity contribution in [1.29, 1.82) is 0 Å². The number of anilines is 2. The summed E-state index contributed by atoms with van der Waals surface area (Å²) in [7, 11) is 0. The van der Waals surface area contributed by atoms with Gasteiger partial charge in [-0.2, -0.15) is 0 Å². The Morgan fingerprint density at radius 1 is 1.03 bits per heavy atom. The number of hydrogen-bond acceptors (Lipinski definition) is 5. The number of ether oxygens (including phenoxy) is 1. The topological polar surface area (TPSA) is 80.3 Å². The summed E-state index contributed by atoms with van der Waals surface area (Å²) in [6, 6.07) is 17.6. The van der Waals surface area contributed by atoms with Gasteiger partial charge in [0.1, 0.15) is 11.6 Å². The molecule has 3 aromatic carbocycles. The second-order valence-electron chi connectivity index (χ2n) is 6.40. The van der Waals surface area contributed by atoms with Gasteiger partial charge in [0.15, 0.2) is 11.7 Å². The molecular formula is C22H15ClFN3O3S. The van der Waals surface area contributed by atoms with E-state index >= 15 is 0 Å². The van der Waals surface area contributed by atoms with E-state index in [1.807, 2.05) is 0 Å². The van der Waals surface area contributed by atoms with Gasteiger partial charge in [-0.1, -0.05) is 47.2 Å². The van der Waals surface area contributed by atoms with Crippen LogP contribution in [0.3, 0.4) is 0 Å². The van der Waals surface area contributed by atoms with Gasteiger partial charge in [0.2, 0.25) is 0 Å². The maximum Gasteiger partial charge on any atom is 0.262 e. The molecule has 0 spiro atoms. The maximum atomic E-state index is 13.7. The predicted molar refractivity (Wildman–Crippen MR) is 120 cm³/mol. The average Bonchev–Trinajstić information content (AvgIpc) is 3.15. The number of rotatable bonds is 6. The van der Waals surface area contributed by atoms with Gasteiger partial charge in [-0.25, -0.2) is 9.37 Å². The minimum absolute atomic E-state index is 0.0538. The zero-order valence-corrected chi connectivity index (χ0v) is 17.5. The molecule has 0 bridgehead atoms. The minimum atomic E-state index is -0.552. The molecule has 0 unspecified atom stereocenters. The van der Waals surface area contributed by atoms with Gasteiger partial charge in [-0.15, -0.1) is 0 Å². The lowest BCUT2D eigenvalue weighted by atomic mass is 10.2. The summed E-state index contributed by atoms with van der Waals surface area (Å²) in [6.45, 7) is -0.391. The second-order valence-corrected chi connectivity index (χ2v) is 7.87. The Hall–Kier alpha value is -3.49. The van der Waals surface area contributed by atoms with E-state index in [2.05, 4.69) is 15.6 Å². The Kier molecular flexibility index (Phi) is 6.11. The fourth-order valence-corrected chi connectivity index (χ4v) is 3.93. The molecule has 0 saturated heterocycles. The van der Waals surface area contributed by atoms with E-state index in [-0.39, 0.29) is 17.0 Å². The van der Waals surface area contributed by atoms with Crippen LogP contribution in [-0.2, 0) is 4.79 Å². The number of amides is 2. The lowest BCUT2D eigenvalue weighted by Crippen LogP contribution is -2.22. The van der Waals surface area contributed by atoms with E-state index in [9.17, 15) is 14.0 Å². The molecular weight excluding hydrogens is 441 g/mol. The van der Waals surface area contributed by atoms with E-state index < -0.39 is 24.2 Å². The Bertz CT molecular complexity index is 1280. The van der Waals surface area contributed by atoms with Crippen LogP contribution >= 0.6 is 22.9 Å². The number of nitrogens with zero attached hydrogens (tertiary/aromatic N) is 1. The average molecular weight is 456 g/mol. The molecule has 0 aliphatic heterocycles. The van der Waals surface area contributed by atoms with E-state index in [1.165, 1.54) is 29.5 Å². The highest BCUT2D eigenvalue weighted by Gasteiger charge is 2.16. The summed E-state index contributed by atoms with van der Waals surface area (Å²) in [4.78, 5) is 29.2. The summed E-state index contributed by atoms with van der Waals surface area (Å²) in [5.74, 6) is -1.32. The summed E-state index contributed by atoms with van der Waals surface area (Å²) in [5, 5.41) is 6.16. The Labute approximate surface area is 185 Å².